The van der Waals surface area contributed by atoms with Crippen molar-refractivity contribution >= 4 is 15.9 Å². The van der Waals surface area contributed by atoms with E-state index in [0.717, 1.165) is 21.2 Å². The van der Waals surface area contributed by atoms with Gasteiger partial charge in [0.05, 0.1) is 0 Å². The van der Waals surface area contributed by atoms with E-state index in [4.69, 9.17) is 5.73 Å². The number of benzene rings is 1. The highest BCUT2D eigenvalue weighted by atomic mass is 79.9. The Kier molecular flexibility index (Phi) is 3.94. The van der Waals surface area contributed by atoms with Crippen molar-refractivity contribution in [2.45, 2.75) is 26.3 Å². The van der Waals surface area contributed by atoms with Crippen LogP contribution in [0.25, 0.3) is 0 Å². The van der Waals surface area contributed by atoms with Crippen molar-refractivity contribution in [1.29, 1.82) is 0 Å². The molecule has 2 nitrogen and oxygen atoms in total. The summed E-state index contributed by atoms with van der Waals surface area (Å²) in [7, 11) is 0. The van der Waals surface area contributed by atoms with Crippen LogP contribution in [0.5, 0.6) is 5.75 Å². The number of aryl methyl sites for hydroxylation is 1. The zero-order chi connectivity index (χ0) is 11.6. The molecule has 0 unspecified atom stereocenters. The molecule has 15 heavy (non-hydrogen) atoms. The van der Waals surface area contributed by atoms with Crippen molar-refractivity contribution in [2.24, 2.45) is 5.73 Å². The Morgan fingerprint density at radius 3 is 2.73 bits per heavy atom. The molecule has 1 aromatic carbocycles. The number of halogens is 1. The number of aromatic hydroxyl groups is 1. The Balaban J connectivity index is 3.07. The lowest BCUT2D eigenvalue weighted by Gasteiger charge is -2.15. The maximum atomic E-state index is 9.87. The SMILES string of the molecule is C=C(C)C[C@@H](N)c1cc(Br)cc(C)c1O. The van der Waals surface area contributed by atoms with Crippen LogP contribution in [0.2, 0.25) is 0 Å². The molecule has 3 N–H and O–H groups in total. The lowest BCUT2D eigenvalue weighted by molar-refractivity contribution is 0.456. The molecule has 0 amide bonds. The zero-order valence-electron chi connectivity index (χ0n) is 9.05. The van der Waals surface area contributed by atoms with Crippen molar-refractivity contribution in [3.05, 3.63) is 39.9 Å². The predicted molar refractivity (Wildman–Crippen MR) is 66.9 cm³/mol. The van der Waals surface area contributed by atoms with E-state index in [2.05, 4.69) is 22.5 Å². The maximum Gasteiger partial charge on any atom is 0.123 e. The smallest absolute Gasteiger partial charge is 0.123 e. The third-order valence-electron chi connectivity index (χ3n) is 2.26. The van der Waals surface area contributed by atoms with E-state index < -0.39 is 0 Å². The molecular weight excluding hydrogens is 254 g/mol. The molecule has 1 aromatic rings. The van der Waals surface area contributed by atoms with Gasteiger partial charge < -0.3 is 10.8 Å². The highest BCUT2D eigenvalue weighted by Gasteiger charge is 2.13. The van der Waals surface area contributed by atoms with E-state index >= 15 is 0 Å². The van der Waals surface area contributed by atoms with E-state index in [9.17, 15) is 5.11 Å². The van der Waals surface area contributed by atoms with E-state index in [1.165, 1.54) is 0 Å². The highest BCUT2D eigenvalue weighted by molar-refractivity contribution is 9.10. The predicted octanol–water partition coefficient (Wildman–Crippen LogP) is 3.43. The topological polar surface area (TPSA) is 46.2 Å². The first-order chi connectivity index (χ1) is 6.91. The number of nitrogens with two attached hydrogens (primary N) is 1. The summed E-state index contributed by atoms with van der Waals surface area (Å²) in [4.78, 5) is 0. The summed E-state index contributed by atoms with van der Waals surface area (Å²) in [6.45, 7) is 7.61. The van der Waals surface area contributed by atoms with Crippen LogP contribution in [0.3, 0.4) is 0 Å². The van der Waals surface area contributed by atoms with Gasteiger partial charge >= 0.3 is 0 Å². The Bertz CT molecular complexity index is 387. The van der Waals surface area contributed by atoms with E-state index in [1.54, 1.807) is 0 Å². The maximum absolute atomic E-state index is 9.87. The number of phenols is 1. The Labute approximate surface area is 98.9 Å². The van der Waals surface area contributed by atoms with Crippen LogP contribution in [0.15, 0.2) is 28.8 Å². The summed E-state index contributed by atoms with van der Waals surface area (Å²) in [5.74, 6) is 0.284. The first kappa shape index (κ1) is 12.3. The normalized spacial score (nSPS) is 12.5. The van der Waals surface area contributed by atoms with Crippen LogP contribution in [0.1, 0.15) is 30.5 Å². The second-order valence-electron chi connectivity index (χ2n) is 3.93. The van der Waals surface area contributed by atoms with Gasteiger partial charge in [-0.2, -0.15) is 0 Å². The standard InChI is InChI=1S/C12H16BrNO/c1-7(2)4-11(14)10-6-9(13)5-8(3)12(10)15/h5-6,11,15H,1,4,14H2,2-3H3/t11-/m1/s1. The van der Waals surface area contributed by atoms with Gasteiger partial charge in [-0.05, 0) is 38.0 Å². The Morgan fingerprint density at radius 2 is 2.20 bits per heavy atom. The number of hydrogen-bond acceptors (Lipinski definition) is 2. The third kappa shape index (κ3) is 3.08. The average Bonchev–Trinajstić information content (AvgIpc) is 2.09. The van der Waals surface area contributed by atoms with Gasteiger partial charge in [0, 0.05) is 16.1 Å². The second-order valence-corrected chi connectivity index (χ2v) is 4.84. The molecule has 0 aliphatic carbocycles. The van der Waals surface area contributed by atoms with Crippen molar-refractivity contribution in [3.8, 4) is 5.75 Å². The van der Waals surface area contributed by atoms with Crippen LogP contribution in [0, 0.1) is 6.92 Å². The van der Waals surface area contributed by atoms with E-state index in [0.29, 0.717) is 6.42 Å². The van der Waals surface area contributed by atoms with Gasteiger partial charge in [0.25, 0.3) is 0 Å². The lowest BCUT2D eigenvalue weighted by Crippen LogP contribution is -2.11. The summed E-state index contributed by atoms with van der Waals surface area (Å²) < 4.78 is 0.935. The zero-order valence-corrected chi connectivity index (χ0v) is 10.6. The number of rotatable bonds is 3. The van der Waals surface area contributed by atoms with Crippen molar-refractivity contribution in [2.75, 3.05) is 0 Å². The third-order valence-corrected chi connectivity index (χ3v) is 2.72. The molecule has 1 atom stereocenters. The molecule has 0 heterocycles. The minimum Gasteiger partial charge on any atom is -0.507 e. The summed E-state index contributed by atoms with van der Waals surface area (Å²) >= 11 is 3.39. The number of hydrogen-bond donors (Lipinski definition) is 2. The average molecular weight is 270 g/mol. The molecule has 0 saturated heterocycles. The molecule has 0 aliphatic rings. The lowest BCUT2D eigenvalue weighted by atomic mass is 9.98. The minimum absolute atomic E-state index is 0.196. The molecule has 0 spiro atoms. The molecule has 0 saturated carbocycles. The first-order valence-corrected chi connectivity index (χ1v) is 5.60. The van der Waals surface area contributed by atoms with Gasteiger partial charge in [0.2, 0.25) is 0 Å². The minimum atomic E-state index is -0.196. The second kappa shape index (κ2) is 4.81. The van der Waals surface area contributed by atoms with Crippen LogP contribution >= 0.6 is 15.9 Å². The molecule has 0 aliphatic heterocycles. The van der Waals surface area contributed by atoms with Gasteiger partial charge in [-0.25, -0.2) is 0 Å². The van der Waals surface area contributed by atoms with Crippen LogP contribution < -0.4 is 5.73 Å². The van der Waals surface area contributed by atoms with Crippen molar-refractivity contribution < 1.29 is 5.11 Å². The van der Waals surface area contributed by atoms with E-state index in [1.807, 2.05) is 26.0 Å². The fourth-order valence-electron chi connectivity index (χ4n) is 1.53. The Hall–Kier alpha value is -0.800. The van der Waals surface area contributed by atoms with Crippen LogP contribution in [0.4, 0.5) is 0 Å². The van der Waals surface area contributed by atoms with Crippen LogP contribution in [-0.4, -0.2) is 5.11 Å². The first-order valence-electron chi connectivity index (χ1n) is 4.80. The van der Waals surface area contributed by atoms with Gasteiger partial charge in [0.15, 0.2) is 0 Å². The quantitative estimate of drug-likeness (QED) is 0.826. The summed E-state index contributed by atoms with van der Waals surface area (Å²) in [6, 6.07) is 3.53. The van der Waals surface area contributed by atoms with Gasteiger partial charge in [0.1, 0.15) is 5.75 Å². The molecule has 0 radical (unpaired) electrons. The summed E-state index contributed by atoms with van der Waals surface area (Å²) in [5, 5.41) is 9.87. The van der Waals surface area contributed by atoms with Crippen molar-refractivity contribution in [3.63, 3.8) is 0 Å². The molecule has 0 aromatic heterocycles. The van der Waals surface area contributed by atoms with Gasteiger partial charge in [-0.3, -0.25) is 0 Å². The van der Waals surface area contributed by atoms with Gasteiger partial charge in [-0.1, -0.05) is 21.5 Å². The van der Waals surface area contributed by atoms with Crippen molar-refractivity contribution in [1.82, 2.24) is 0 Å². The molecule has 0 fully saturated rings. The number of phenolic OH excluding ortho intramolecular Hbond substituents is 1. The summed E-state index contributed by atoms with van der Waals surface area (Å²) in [6.07, 6.45) is 0.684. The monoisotopic (exact) mass is 269 g/mol. The molecule has 82 valence electrons. The van der Waals surface area contributed by atoms with Gasteiger partial charge in [-0.15, -0.1) is 6.58 Å². The fraction of sp³-hybridized carbons (Fsp3) is 0.333. The fourth-order valence-corrected chi connectivity index (χ4v) is 2.12. The largest absolute Gasteiger partial charge is 0.507 e. The highest BCUT2D eigenvalue weighted by Crippen LogP contribution is 2.32. The molecular formula is C12H16BrNO. The van der Waals surface area contributed by atoms with E-state index in [-0.39, 0.29) is 11.8 Å². The Morgan fingerprint density at radius 1 is 1.60 bits per heavy atom. The molecule has 1 rings (SSSR count). The van der Waals surface area contributed by atoms with Crippen LogP contribution in [-0.2, 0) is 0 Å². The molecule has 3 heteroatoms. The molecule has 0 bridgehead atoms. The summed E-state index contributed by atoms with van der Waals surface area (Å²) in [5.41, 5.74) is 8.60.